The molecule has 4 aromatic rings. The molecule has 0 saturated heterocycles. The van der Waals surface area contributed by atoms with E-state index in [-0.39, 0.29) is 0 Å². The van der Waals surface area contributed by atoms with Crippen LogP contribution >= 0.6 is 11.3 Å². The van der Waals surface area contributed by atoms with Gasteiger partial charge in [0.05, 0.1) is 12.8 Å². The number of aromatic nitrogens is 3. The average Bonchev–Trinajstić information content (AvgIpc) is 3.29. The predicted molar refractivity (Wildman–Crippen MR) is 102 cm³/mol. The Morgan fingerprint density at radius 3 is 2.56 bits per heavy atom. The van der Waals surface area contributed by atoms with E-state index in [1.165, 1.54) is 0 Å². The molecule has 0 saturated carbocycles. The molecule has 0 spiro atoms. The van der Waals surface area contributed by atoms with E-state index in [0.717, 1.165) is 44.8 Å². The van der Waals surface area contributed by atoms with Gasteiger partial charge in [-0.1, -0.05) is 42.5 Å². The Morgan fingerprint density at radius 2 is 1.76 bits per heavy atom. The third-order valence-corrected chi connectivity index (χ3v) is 4.89. The van der Waals surface area contributed by atoms with E-state index in [1.54, 1.807) is 18.4 Å². The number of nitrogens with zero attached hydrogens (tertiary/aromatic N) is 2. The number of hydrogen-bond acceptors (Lipinski definition) is 4. The lowest BCUT2D eigenvalue weighted by Gasteiger charge is -2.01. The molecular formula is C20H17N3OS. The van der Waals surface area contributed by atoms with Gasteiger partial charge in [0, 0.05) is 22.2 Å². The third-order valence-electron chi connectivity index (χ3n) is 4.00. The number of methoxy groups -OCH3 is 1. The van der Waals surface area contributed by atoms with Gasteiger partial charge in [0.1, 0.15) is 16.5 Å². The molecule has 2 heterocycles. The minimum absolute atomic E-state index is 0.793. The van der Waals surface area contributed by atoms with Crippen LogP contribution in [0.15, 0.2) is 60.0 Å². The normalized spacial score (nSPS) is 10.8. The van der Waals surface area contributed by atoms with E-state index in [2.05, 4.69) is 17.1 Å². The molecule has 0 bridgehead atoms. The van der Waals surface area contributed by atoms with Gasteiger partial charge in [-0.3, -0.25) is 0 Å². The molecule has 2 aromatic heterocycles. The smallest absolute Gasteiger partial charge is 0.157 e. The summed E-state index contributed by atoms with van der Waals surface area (Å²) >= 11 is 1.60. The van der Waals surface area contributed by atoms with Crippen LogP contribution in [-0.4, -0.2) is 22.1 Å². The Kier molecular flexibility index (Phi) is 4.07. The highest BCUT2D eigenvalue weighted by atomic mass is 32.1. The number of thiazole rings is 1. The molecule has 0 unspecified atom stereocenters. The maximum absolute atomic E-state index is 5.29. The molecule has 1 N–H and O–H groups in total. The van der Waals surface area contributed by atoms with Crippen LogP contribution < -0.4 is 4.74 Å². The summed E-state index contributed by atoms with van der Waals surface area (Å²) in [7, 11) is 1.67. The van der Waals surface area contributed by atoms with Gasteiger partial charge in [0.2, 0.25) is 0 Å². The van der Waals surface area contributed by atoms with Crippen LogP contribution in [0.3, 0.4) is 0 Å². The Bertz CT molecular complexity index is 1000. The first-order valence-corrected chi connectivity index (χ1v) is 8.85. The number of hydrogen-bond donors (Lipinski definition) is 1. The first kappa shape index (κ1) is 15.6. The maximum atomic E-state index is 5.29. The standard InChI is InChI=1S/C20H17N3OS/c1-13-18(14-7-4-3-5-8-14)23-19(21-13)17-12-25-20(22-17)15-9-6-10-16(11-15)24-2/h3-12H,1-2H3,(H,21,23). The lowest BCUT2D eigenvalue weighted by molar-refractivity contribution is 0.415. The van der Waals surface area contributed by atoms with Crippen LogP contribution in [-0.2, 0) is 0 Å². The second-order valence-electron chi connectivity index (χ2n) is 5.69. The Hall–Kier alpha value is -2.92. The SMILES string of the molecule is COc1cccc(-c2nc(-c3nc(-c4ccccc4)c(C)[nH]3)cs2)c1. The number of nitrogens with one attached hydrogen (secondary N) is 1. The Balaban J connectivity index is 1.69. The van der Waals surface area contributed by atoms with Crippen molar-refractivity contribution < 1.29 is 4.74 Å². The average molecular weight is 347 g/mol. The Labute approximate surface area is 150 Å². The molecule has 124 valence electrons. The topological polar surface area (TPSA) is 50.8 Å². The number of ether oxygens (including phenoxy) is 1. The molecule has 2 aromatic carbocycles. The highest BCUT2D eigenvalue weighted by Gasteiger charge is 2.13. The molecule has 4 nitrogen and oxygen atoms in total. The Morgan fingerprint density at radius 1 is 0.960 bits per heavy atom. The molecule has 5 heteroatoms. The van der Waals surface area contributed by atoms with Crippen molar-refractivity contribution in [2.45, 2.75) is 6.92 Å². The van der Waals surface area contributed by atoms with Crippen molar-refractivity contribution in [3.63, 3.8) is 0 Å². The third kappa shape index (κ3) is 3.06. The van der Waals surface area contributed by atoms with E-state index in [0.29, 0.717) is 0 Å². The summed E-state index contributed by atoms with van der Waals surface area (Å²) in [6.45, 7) is 2.04. The van der Waals surface area contributed by atoms with Gasteiger partial charge in [0.25, 0.3) is 0 Å². The van der Waals surface area contributed by atoms with Gasteiger partial charge < -0.3 is 9.72 Å². The van der Waals surface area contributed by atoms with E-state index < -0.39 is 0 Å². The van der Waals surface area contributed by atoms with Crippen molar-refractivity contribution in [3.05, 3.63) is 65.7 Å². The van der Waals surface area contributed by atoms with Gasteiger partial charge in [-0.25, -0.2) is 9.97 Å². The molecule has 0 amide bonds. The van der Waals surface area contributed by atoms with Crippen LogP contribution in [0.4, 0.5) is 0 Å². The molecule has 0 aliphatic rings. The van der Waals surface area contributed by atoms with Gasteiger partial charge in [-0.2, -0.15) is 0 Å². The lowest BCUT2D eigenvalue weighted by atomic mass is 10.1. The van der Waals surface area contributed by atoms with Crippen molar-refractivity contribution in [2.24, 2.45) is 0 Å². The first-order chi connectivity index (χ1) is 12.2. The van der Waals surface area contributed by atoms with Crippen LogP contribution in [0.5, 0.6) is 5.75 Å². The second-order valence-corrected chi connectivity index (χ2v) is 6.55. The maximum Gasteiger partial charge on any atom is 0.157 e. The molecule has 4 rings (SSSR count). The minimum Gasteiger partial charge on any atom is -0.497 e. The molecule has 0 aliphatic carbocycles. The minimum atomic E-state index is 0.793. The highest BCUT2D eigenvalue weighted by Crippen LogP contribution is 2.31. The number of rotatable bonds is 4. The van der Waals surface area contributed by atoms with E-state index in [9.17, 15) is 0 Å². The quantitative estimate of drug-likeness (QED) is 0.553. The monoisotopic (exact) mass is 347 g/mol. The van der Waals surface area contributed by atoms with E-state index >= 15 is 0 Å². The summed E-state index contributed by atoms with van der Waals surface area (Å²) in [5.74, 6) is 1.62. The number of aryl methyl sites for hydroxylation is 1. The van der Waals surface area contributed by atoms with E-state index in [4.69, 9.17) is 14.7 Å². The molecule has 0 fully saturated rings. The van der Waals surface area contributed by atoms with Crippen LogP contribution in [0, 0.1) is 6.92 Å². The van der Waals surface area contributed by atoms with Crippen LogP contribution in [0.25, 0.3) is 33.3 Å². The van der Waals surface area contributed by atoms with Crippen molar-refractivity contribution in [2.75, 3.05) is 7.11 Å². The zero-order valence-electron chi connectivity index (χ0n) is 14.0. The molecule has 0 atom stereocenters. The van der Waals surface area contributed by atoms with Crippen molar-refractivity contribution in [3.8, 4) is 39.1 Å². The fourth-order valence-electron chi connectivity index (χ4n) is 2.73. The van der Waals surface area contributed by atoms with Gasteiger partial charge >= 0.3 is 0 Å². The largest absolute Gasteiger partial charge is 0.497 e. The van der Waals surface area contributed by atoms with Gasteiger partial charge in [0.15, 0.2) is 5.82 Å². The summed E-state index contributed by atoms with van der Waals surface area (Å²) in [4.78, 5) is 12.9. The number of imidazole rings is 1. The second kappa shape index (κ2) is 6.53. The first-order valence-electron chi connectivity index (χ1n) is 7.97. The lowest BCUT2D eigenvalue weighted by Crippen LogP contribution is -1.84. The molecule has 0 radical (unpaired) electrons. The fraction of sp³-hybridized carbons (Fsp3) is 0.100. The zero-order valence-corrected chi connectivity index (χ0v) is 14.8. The molecule has 0 aliphatic heterocycles. The summed E-state index contributed by atoms with van der Waals surface area (Å²) in [5, 5.41) is 2.98. The summed E-state index contributed by atoms with van der Waals surface area (Å²) < 4.78 is 5.29. The van der Waals surface area contributed by atoms with Crippen molar-refractivity contribution in [1.29, 1.82) is 0 Å². The predicted octanol–water partition coefficient (Wildman–Crippen LogP) is 5.18. The van der Waals surface area contributed by atoms with Crippen LogP contribution in [0.2, 0.25) is 0 Å². The summed E-state index contributed by atoms with van der Waals surface area (Å²) in [5.41, 5.74) is 5.00. The van der Waals surface area contributed by atoms with Gasteiger partial charge in [-0.15, -0.1) is 11.3 Å². The number of aromatic amines is 1. The summed E-state index contributed by atoms with van der Waals surface area (Å²) in [6.07, 6.45) is 0. The van der Waals surface area contributed by atoms with Crippen molar-refractivity contribution >= 4 is 11.3 Å². The van der Waals surface area contributed by atoms with Crippen molar-refractivity contribution in [1.82, 2.24) is 15.0 Å². The number of benzene rings is 2. The summed E-state index contributed by atoms with van der Waals surface area (Å²) in [6, 6.07) is 18.1. The van der Waals surface area contributed by atoms with Gasteiger partial charge in [-0.05, 0) is 19.1 Å². The highest BCUT2D eigenvalue weighted by molar-refractivity contribution is 7.13. The molecular weight excluding hydrogens is 330 g/mol. The zero-order chi connectivity index (χ0) is 17.2. The fourth-order valence-corrected chi connectivity index (χ4v) is 3.53. The number of H-pyrrole nitrogens is 1. The molecule has 25 heavy (non-hydrogen) atoms. The van der Waals surface area contributed by atoms with Crippen LogP contribution in [0.1, 0.15) is 5.69 Å². The van der Waals surface area contributed by atoms with E-state index in [1.807, 2.05) is 54.8 Å².